The minimum atomic E-state index is -2.66. The van der Waals surface area contributed by atoms with Gasteiger partial charge in [0.05, 0.1) is 11.1 Å². The first-order chi connectivity index (χ1) is 27.4. The van der Waals surface area contributed by atoms with E-state index in [0.29, 0.717) is 58.8 Å². The van der Waals surface area contributed by atoms with E-state index in [1.807, 2.05) is 126 Å². The first-order valence-corrected chi connectivity index (χ1v) is 24.5. The van der Waals surface area contributed by atoms with Crippen molar-refractivity contribution in [1.82, 2.24) is 10.6 Å². The standard InChI is InChI=1S/C22H38N2O4Si.C13H15NO.C9H23NO3Si/c1-8-26-29(27-9-2,28-10-3)16-12-15-23-21(25)24-22(6,7)20-14-11-13-19(17-20)18(4)5;1-10(2)11-6-5-7-12(8-11)13(3,4)14-9-15;1-4-11-14(12-5-2,13-6-3)9-7-8-10/h11,13-14,17H,4,8-10,12,15-16H2,1-3,5-7H3,(H2,23,24,25);5-8H,1H2,2-4H3;4-10H2,1-3H3. The van der Waals surface area contributed by atoms with Crippen molar-refractivity contribution in [2.45, 2.75) is 119 Å². The highest BCUT2D eigenvalue weighted by atomic mass is 28.4. The molecule has 2 amide bonds. The Morgan fingerprint density at radius 2 is 1.10 bits per heavy atom. The molecule has 0 aliphatic rings. The number of nitrogens with one attached hydrogen (secondary N) is 2. The average Bonchev–Trinajstić information content (AvgIpc) is 3.17. The van der Waals surface area contributed by atoms with Crippen molar-refractivity contribution in [3.63, 3.8) is 0 Å². The Bertz CT molecular complexity index is 1510. The van der Waals surface area contributed by atoms with Gasteiger partial charge in [-0.25, -0.2) is 9.59 Å². The predicted molar refractivity (Wildman–Crippen MR) is 242 cm³/mol. The SMILES string of the molecule is C=C(C)c1cccc(C(C)(C)N=C=O)c1.C=C(C)c1cccc(C(C)(C)NC(=O)NCCC[Si](OCC)(OCC)OCC)c1.CCO[Si](CCCN)(OCC)OCC. The van der Waals surface area contributed by atoms with Gasteiger partial charge in [-0.1, -0.05) is 60.7 Å². The number of hydrogen-bond acceptors (Lipinski definition) is 10. The molecule has 0 unspecified atom stereocenters. The third kappa shape index (κ3) is 20.6. The summed E-state index contributed by atoms with van der Waals surface area (Å²) < 4.78 is 34.5. The summed E-state index contributed by atoms with van der Waals surface area (Å²) in [4.78, 5) is 26.5. The number of nitrogens with two attached hydrogens (primary N) is 1. The van der Waals surface area contributed by atoms with E-state index in [-0.39, 0.29) is 6.03 Å². The molecule has 0 aliphatic carbocycles. The molecule has 2 aromatic carbocycles. The van der Waals surface area contributed by atoms with Crippen LogP contribution in [0.1, 0.15) is 118 Å². The zero-order valence-electron chi connectivity index (χ0n) is 37.8. The molecule has 0 saturated heterocycles. The Morgan fingerprint density at radius 3 is 1.48 bits per heavy atom. The van der Waals surface area contributed by atoms with Crippen LogP contribution in [0.2, 0.25) is 12.1 Å². The fourth-order valence-corrected chi connectivity index (χ4v) is 11.0. The second kappa shape index (κ2) is 29.0. The number of benzene rings is 2. The molecule has 0 fully saturated rings. The van der Waals surface area contributed by atoms with Gasteiger partial charge in [-0.3, -0.25) is 0 Å². The van der Waals surface area contributed by atoms with Crippen molar-refractivity contribution < 1.29 is 36.1 Å². The molecule has 12 nitrogen and oxygen atoms in total. The summed E-state index contributed by atoms with van der Waals surface area (Å²) in [5.41, 5.74) is 10.6. The molecular formula is C44H76N4O8Si2. The first kappa shape index (κ1) is 54.7. The molecule has 14 heteroatoms. The minimum Gasteiger partial charge on any atom is -0.374 e. The van der Waals surface area contributed by atoms with Crippen molar-refractivity contribution >= 4 is 40.9 Å². The summed E-state index contributed by atoms with van der Waals surface area (Å²) in [6.45, 7) is 36.0. The smallest absolute Gasteiger partial charge is 0.374 e. The Labute approximate surface area is 353 Å². The van der Waals surface area contributed by atoms with Crippen molar-refractivity contribution in [2.75, 3.05) is 52.7 Å². The molecule has 2 aromatic rings. The van der Waals surface area contributed by atoms with E-state index in [0.717, 1.165) is 52.3 Å². The van der Waals surface area contributed by atoms with Crippen LogP contribution in [0, 0.1) is 0 Å². The number of aliphatic imine (C=N–C) groups is 1. The maximum atomic E-state index is 12.4. The van der Waals surface area contributed by atoms with Crippen LogP contribution in [0.3, 0.4) is 0 Å². The topological polar surface area (TPSA) is 152 Å². The van der Waals surface area contributed by atoms with Crippen LogP contribution in [-0.4, -0.2) is 82.5 Å². The molecule has 0 aliphatic heterocycles. The lowest BCUT2D eigenvalue weighted by atomic mass is 9.92. The summed E-state index contributed by atoms with van der Waals surface area (Å²) in [5.74, 6) is 0. The van der Waals surface area contributed by atoms with Crippen LogP contribution >= 0.6 is 0 Å². The van der Waals surface area contributed by atoms with E-state index in [9.17, 15) is 9.59 Å². The highest BCUT2D eigenvalue weighted by Gasteiger charge is 2.40. The monoisotopic (exact) mass is 845 g/mol. The number of carbonyl (C=O) groups excluding carboxylic acids is 2. The lowest BCUT2D eigenvalue weighted by Gasteiger charge is -2.29. The molecule has 0 bridgehead atoms. The molecule has 4 N–H and O–H groups in total. The molecule has 0 spiro atoms. The van der Waals surface area contributed by atoms with Gasteiger partial charge in [0.1, 0.15) is 0 Å². The van der Waals surface area contributed by atoms with E-state index >= 15 is 0 Å². The predicted octanol–water partition coefficient (Wildman–Crippen LogP) is 9.37. The van der Waals surface area contributed by atoms with Gasteiger partial charge in [-0.05, 0) is 137 Å². The summed E-state index contributed by atoms with van der Waals surface area (Å²) in [6.07, 6.45) is 3.23. The van der Waals surface area contributed by atoms with Crippen LogP contribution in [0.4, 0.5) is 4.79 Å². The van der Waals surface area contributed by atoms with Gasteiger partial charge in [0.15, 0.2) is 0 Å². The number of allylic oxidation sites excluding steroid dienone is 2. The van der Waals surface area contributed by atoms with Gasteiger partial charge in [-0.2, -0.15) is 4.99 Å². The first-order valence-electron chi connectivity index (χ1n) is 20.6. The lowest BCUT2D eigenvalue weighted by molar-refractivity contribution is 0.0701. The van der Waals surface area contributed by atoms with Gasteiger partial charge >= 0.3 is 23.6 Å². The second-order valence-corrected chi connectivity index (χ2v) is 19.9. The average molecular weight is 845 g/mol. The molecule has 0 radical (unpaired) electrons. The molecule has 0 heterocycles. The zero-order valence-corrected chi connectivity index (χ0v) is 39.8. The van der Waals surface area contributed by atoms with E-state index in [1.165, 1.54) is 0 Å². The van der Waals surface area contributed by atoms with Gasteiger partial charge in [0.25, 0.3) is 0 Å². The summed E-state index contributed by atoms with van der Waals surface area (Å²) >= 11 is 0. The van der Waals surface area contributed by atoms with Gasteiger partial charge in [0, 0.05) is 58.3 Å². The Balaban J connectivity index is 0.000000937. The molecular weight excluding hydrogens is 769 g/mol. The maximum absolute atomic E-state index is 12.4. The largest absolute Gasteiger partial charge is 0.500 e. The molecule has 58 heavy (non-hydrogen) atoms. The van der Waals surface area contributed by atoms with Crippen molar-refractivity contribution in [3.05, 3.63) is 83.9 Å². The summed E-state index contributed by atoms with van der Waals surface area (Å²) in [5, 5.41) is 5.98. The van der Waals surface area contributed by atoms with Crippen molar-refractivity contribution in [3.8, 4) is 0 Å². The van der Waals surface area contributed by atoms with E-state index in [4.69, 9.17) is 32.3 Å². The quantitative estimate of drug-likeness (QED) is 0.0384. The van der Waals surface area contributed by atoms with Gasteiger partial charge in [-0.15, -0.1) is 0 Å². The van der Waals surface area contributed by atoms with Crippen LogP contribution in [0.25, 0.3) is 11.1 Å². The maximum Gasteiger partial charge on any atom is 0.500 e. The van der Waals surface area contributed by atoms with Gasteiger partial charge < -0.3 is 42.9 Å². The Morgan fingerprint density at radius 1 is 0.707 bits per heavy atom. The van der Waals surface area contributed by atoms with Crippen LogP contribution in [0.15, 0.2) is 66.7 Å². The third-order valence-corrected chi connectivity index (χ3v) is 15.0. The normalized spacial score (nSPS) is 11.6. The van der Waals surface area contributed by atoms with Crippen molar-refractivity contribution in [2.24, 2.45) is 10.7 Å². The molecule has 328 valence electrons. The second-order valence-electron chi connectivity index (χ2n) is 14.5. The van der Waals surface area contributed by atoms with Crippen LogP contribution in [0.5, 0.6) is 0 Å². The number of amides is 2. The fourth-order valence-electron chi connectivity index (χ4n) is 5.75. The highest BCUT2D eigenvalue weighted by Crippen LogP contribution is 2.27. The Hall–Kier alpha value is -3.28. The van der Waals surface area contributed by atoms with E-state index in [1.54, 1.807) is 6.08 Å². The molecule has 2 rings (SSSR count). The van der Waals surface area contributed by atoms with Crippen LogP contribution in [-0.2, 0) is 42.4 Å². The van der Waals surface area contributed by atoms with E-state index < -0.39 is 28.7 Å². The Kier molecular flexibility index (Phi) is 27.4. The number of hydrogen-bond donors (Lipinski definition) is 3. The number of nitrogens with zero attached hydrogens (tertiary/aromatic N) is 1. The lowest BCUT2D eigenvalue weighted by Crippen LogP contribution is -2.48. The van der Waals surface area contributed by atoms with Crippen molar-refractivity contribution in [1.29, 1.82) is 0 Å². The fraction of sp³-hybridized carbons (Fsp3) is 0.591. The minimum absolute atomic E-state index is 0.202. The molecule has 0 aromatic heterocycles. The summed E-state index contributed by atoms with van der Waals surface area (Å²) in [7, 11) is -5.06. The summed E-state index contributed by atoms with van der Waals surface area (Å²) in [6, 6.07) is 17.3. The van der Waals surface area contributed by atoms with Crippen LogP contribution < -0.4 is 16.4 Å². The molecule has 0 saturated carbocycles. The third-order valence-electron chi connectivity index (χ3n) is 8.71. The number of carbonyl (C=O) groups is 1. The molecule has 0 atom stereocenters. The number of urea groups is 1. The van der Waals surface area contributed by atoms with Gasteiger partial charge in [0.2, 0.25) is 6.08 Å². The number of rotatable bonds is 25. The zero-order chi connectivity index (χ0) is 44.3. The van der Waals surface area contributed by atoms with E-state index in [2.05, 4.69) is 34.9 Å². The number of isocyanates is 1. The highest BCUT2D eigenvalue weighted by molar-refractivity contribution is 6.61.